The van der Waals surface area contributed by atoms with Crippen LogP contribution in [0.2, 0.25) is 0 Å². The van der Waals surface area contributed by atoms with Crippen LogP contribution in [0.15, 0.2) is 95.4 Å². The zero-order valence-electron chi connectivity index (χ0n) is 17.0. The molecule has 0 saturated carbocycles. The molecule has 6 rings (SSSR count). The summed E-state index contributed by atoms with van der Waals surface area (Å²) in [7, 11) is 0. The van der Waals surface area contributed by atoms with Crippen LogP contribution in [0.5, 0.6) is 0 Å². The van der Waals surface area contributed by atoms with E-state index in [1.807, 2.05) is 6.07 Å². The first-order valence-electron chi connectivity index (χ1n) is 10.7. The maximum absolute atomic E-state index is 6.32. The number of aryl methyl sites for hydroxylation is 1. The zero-order chi connectivity index (χ0) is 20.1. The van der Waals surface area contributed by atoms with E-state index in [2.05, 4.69) is 91.9 Å². The lowest BCUT2D eigenvalue weighted by molar-refractivity contribution is 0.664. The van der Waals surface area contributed by atoms with Crippen LogP contribution in [0.1, 0.15) is 23.6 Å². The highest BCUT2D eigenvalue weighted by atomic mass is 16.3. The molecule has 0 unspecified atom stereocenters. The van der Waals surface area contributed by atoms with Crippen molar-refractivity contribution in [1.82, 2.24) is 0 Å². The highest BCUT2D eigenvalue weighted by molar-refractivity contribution is 6.08. The fourth-order valence-electron chi connectivity index (χ4n) is 5.02. The number of para-hydroxylation sites is 2. The van der Waals surface area contributed by atoms with Gasteiger partial charge in [0.1, 0.15) is 11.2 Å². The van der Waals surface area contributed by atoms with Gasteiger partial charge in [-0.1, -0.05) is 91.9 Å². The Balaban J connectivity index is 1.66. The lowest BCUT2D eigenvalue weighted by atomic mass is 9.88. The molecular weight excluding hydrogens is 364 g/mol. The quantitative estimate of drug-likeness (QED) is 0.280. The number of rotatable bonds is 3. The molecule has 30 heavy (non-hydrogen) atoms. The van der Waals surface area contributed by atoms with Crippen LogP contribution < -0.4 is 0 Å². The van der Waals surface area contributed by atoms with Crippen molar-refractivity contribution in [1.29, 1.82) is 0 Å². The Labute approximate surface area is 175 Å². The SMILES string of the molecule is CCc1c2ccccc2c(Cc2cccc3c2oc2ccccc23)c2ccccc12. The van der Waals surface area contributed by atoms with E-state index in [0.29, 0.717) is 0 Å². The standard InChI is InChI=1S/C29H22O/c1-2-20-21-11-3-5-13-23(21)27(24-14-6-4-12-22(20)24)18-19-10-9-16-26-25-15-7-8-17-28(25)30-29(19)26/h3-17H,2,18H2,1H3. The van der Waals surface area contributed by atoms with Crippen molar-refractivity contribution < 1.29 is 4.42 Å². The van der Waals surface area contributed by atoms with Gasteiger partial charge < -0.3 is 4.42 Å². The molecule has 0 aliphatic carbocycles. The summed E-state index contributed by atoms with van der Waals surface area (Å²) >= 11 is 0. The van der Waals surface area contributed by atoms with Gasteiger partial charge in [-0.25, -0.2) is 0 Å². The van der Waals surface area contributed by atoms with Gasteiger partial charge in [0, 0.05) is 17.2 Å². The van der Waals surface area contributed by atoms with Crippen LogP contribution in [0.4, 0.5) is 0 Å². The van der Waals surface area contributed by atoms with Gasteiger partial charge in [-0.05, 0) is 50.7 Å². The minimum absolute atomic E-state index is 0.849. The molecule has 0 amide bonds. The van der Waals surface area contributed by atoms with E-state index < -0.39 is 0 Å². The molecule has 0 saturated heterocycles. The van der Waals surface area contributed by atoms with Gasteiger partial charge >= 0.3 is 0 Å². The number of furan rings is 1. The van der Waals surface area contributed by atoms with Crippen LogP contribution >= 0.6 is 0 Å². The van der Waals surface area contributed by atoms with Gasteiger partial charge in [0.05, 0.1) is 0 Å². The zero-order valence-corrected chi connectivity index (χ0v) is 17.0. The molecule has 0 spiro atoms. The Bertz CT molecular complexity index is 1490. The molecule has 0 fully saturated rings. The van der Waals surface area contributed by atoms with Crippen molar-refractivity contribution in [2.45, 2.75) is 19.8 Å². The Kier molecular flexibility index (Phi) is 3.89. The second-order valence-electron chi connectivity index (χ2n) is 7.97. The molecule has 0 aliphatic rings. The maximum atomic E-state index is 6.32. The normalized spacial score (nSPS) is 11.8. The van der Waals surface area contributed by atoms with Crippen molar-refractivity contribution in [2.24, 2.45) is 0 Å². The molecule has 1 nitrogen and oxygen atoms in total. The highest BCUT2D eigenvalue weighted by Crippen LogP contribution is 2.37. The third-order valence-electron chi connectivity index (χ3n) is 6.36. The van der Waals surface area contributed by atoms with Gasteiger partial charge in [-0.2, -0.15) is 0 Å². The average Bonchev–Trinajstić information content (AvgIpc) is 3.19. The average molecular weight is 386 g/mol. The molecule has 0 radical (unpaired) electrons. The smallest absolute Gasteiger partial charge is 0.138 e. The van der Waals surface area contributed by atoms with Crippen molar-refractivity contribution in [2.75, 3.05) is 0 Å². The van der Waals surface area contributed by atoms with Crippen LogP contribution in [0, 0.1) is 0 Å². The monoisotopic (exact) mass is 386 g/mol. The molecule has 0 aliphatic heterocycles. The van der Waals surface area contributed by atoms with E-state index in [-0.39, 0.29) is 0 Å². The van der Waals surface area contributed by atoms with Crippen LogP contribution in [-0.2, 0) is 12.8 Å². The summed E-state index contributed by atoms with van der Waals surface area (Å²) < 4.78 is 6.32. The summed E-state index contributed by atoms with van der Waals surface area (Å²) in [5, 5.41) is 7.81. The summed E-state index contributed by atoms with van der Waals surface area (Å²) in [5.41, 5.74) is 6.02. The van der Waals surface area contributed by atoms with Crippen molar-refractivity contribution in [3.63, 3.8) is 0 Å². The van der Waals surface area contributed by atoms with Gasteiger partial charge in [-0.3, -0.25) is 0 Å². The second-order valence-corrected chi connectivity index (χ2v) is 7.97. The summed E-state index contributed by atoms with van der Waals surface area (Å²) in [4.78, 5) is 0. The molecule has 144 valence electrons. The van der Waals surface area contributed by atoms with Crippen molar-refractivity contribution in [3.05, 3.63) is 108 Å². The van der Waals surface area contributed by atoms with E-state index in [0.717, 1.165) is 24.0 Å². The first-order chi connectivity index (χ1) is 14.8. The highest BCUT2D eigenvalue weighted by Gasteiger charge is 2.16. The molecule has 1 heterocycles. The van der Waals surface area contributed by atoms with E-state index in [1.54, 1.807) is 0 Å². The first kappa shape index (κ1) is 17.3. The number of fused-ring (bicyclic) bond motifs is 5. The van der Waals surface area contributed by atoms with E-state index in [1.165, 1.54) is 49.0 Å². The van der Waals surface area contributed by atoms with Crippen molar-refractivity contribution in [3.8, 4) is 0 Å². The van der Waals surface area contributed by atoms with Gasteiger partial charge in [0.2, 0.25) is 0 Å². The van der Waals surface area contributed by atoms with Crippen molar-refractivity contribution >= 4 is 43.5 Å². The maximum Gasteiger partial charge on any atom is 0.138 e. The Morgan fingerprint density at radius 3 is 1.70 bits per heavy atom. The number of benzene rings is 5. The van der Waals surface area contributed by atoms with Crippen LogP contribution in [0.3, 0.4) is 0 Å². The topological polar surface area (TPSA) is 13.1 Å². The number of hydrogen-bond acceptors (Lipinski definition) is 1. The van der Waals surface area contributed by atoms with Gasteiger partial charge in [0.25, 0.3) is 0 Å². The third kappa shape index (κ3) is 2.48. The Morgan fingerprint density at radius 1 is 0.533 bits per heavy atom. The first-order valence-corrected chi connectivity index (χ1v) is 10.7. The molecule has 1 aromatic heterocycles. The fraction of sp³-hybridized carbons (Fsp3) is 0.103. The summed E-state index contributed by atoms with van der Waals surface area (Å²) in [6, 6.07) is 32.5. The molecular formula is C29H22O. The molecule has 6 aromatic rings. The van der Waals surface area contributed by atoms with Gasteiger partial charge in [0.15, 0.2) is 0 Å². The summed E-state index contributed by atoms with van der Waals surface area (Å²) in [6.45, 7) is 2.25. The van der Waals surface area contributed by atoms with E-state index >= 15 is 0 Å². The van der Waals surface area contributed by atoms with E-state index in [9.17, 15) is 0 Å². The van der Waals surface area contributed by atoms with E-state index in [4.69, 9.17) is 4.42 Å². The Hall–Kier alpha value is -3.58. The molecule has 1 heteroatoms. The second kappa shape index (κ2) is 6.74. The minimum Gasteiger partial charge on any atom is -0.456 e. The van der Waals surface area contributed by atoms with Gasteiger partial charge in [-0.15, -0.1) is 0 Å². The molecule has 0 N–H and O–H groups in total. The summed E-state index contributed by atoms with van der Waals surface area (Å²) in [6.07, 6.45) is 1.88. The predicted octanol–water partition coefficient (Wildman–Crippen LogP) is 8.05. The summed E-state index contributed by atoms with van der Waals surface area (Å²) in [5.74, 6) is 0. The largest absolute Gasteiger partial charge is 0.456 e. The molecule has 5 aromatic carbocycles. The predicted molar refractivity (Wildman–Crippen MR) is 127 cm³/mol. The number of hydrogen-bond donors (Lipinski definition) is 0. The van der Waals surface area contributed by atoms with Crippen LogP contribution in [-0.4, -0.2) is 0 Å². The van der Waals surface area contributed by atoms with Crippen LogP contribution in [0.25, 0.3) is 43.5 Å². The minimum atomic E-state index is 0.849. The fourth-order valence-corrected chi connectivity index (χ4v) is 5.02. The molecule has 0 atom stereocenters. The molecule has 0 bridgehead atoms. The third-order valence-corrected chi connectivity index (χ3v) is 6.36. The Morgan fingerprint density at radius 2 is 1.07 bits per heavy atom. The lowest BCUT2D eigenvalue weighted by Gasteiger charge is -2.16. The lowest BCUT2D eigenvalue weighted by Crippen LogP contribution is -1.97.